The smallest absolute Gasteiger partial charge is 0.243 e. The summed E-state index contributed by atoms with van der Waals surface area (Å²) in [5, 5.41) is 7.37. The Morgan fingerprint density at radius 3 is 2.42 bits per heavy atom. The number of likely N-dealkylation sites (N-methyl/N-ethyl adjacent to an activating group) is 2. The lowest BCUT2D eigenvalue weighted by atomic mass is 10.00. The van der Waals surface area contributed by atoms with Gasteiger partial charge in [0.1, 0.15) is 6.04 Å². The van der Waals surface area contributed by atoms with Gasteiger partial charge >= 0.3 is 0 Å². The van der Waals surface area contributed by atoms with Crippen molar-refractivity contribution in [2.24, 2.45) is 5.92 Å². The molecule has 6 heteroatoms. The predicted molar refractivity (Wildman–Crippen MR) is 134 cm³/mol. The third-order valence-electron chi connectivity index (χ3n) is 6.11. The number of amides is 2. The maximum atomic E-state index is 13.3. The topological polar surface area (TPSA) is 77.2 Å². The number of aromatic nitrogens is 1. The van der Waals surface area contributed by atoms with Crippen molar-refractivity contribution >= 4 is 22.7 Å². The van der Waals surface area contributed by atoms with Gasteiger partial charge in [-0.05, 0) is 43.0 Å². The second kappa shape index (κ2) is 11.7. The van der Waals surface area contributed by atoms with Crippen molar-refractivity contribution in [1.82, 2.24) is 20.5 Å². The second-order valence-corrected chi connectivity index (χ2v) is 9.03. The van der Waals surface area contributed by atoms with Crippen LogP contribution in [-0.4, -0.2) is 54.4 Å². The van der Waals surface area contributed by atoms with Gasteiger partial charge in [-0.15, -0.1) is 0 Å². The van der Waals surface area contributed by atoms with Crippen LogP contribution in [0.25, 0.3) is 10.9 Å². The van der Waals surface area contributed by atoms with E-state index in [4.69, 9.17) is 0 Å². The van der Waals surface area contributed by atoms with Crippen LogP contribution in [0.1, 0.15) is 31.4 Å². The van der Waals surface area contributed by atoms with Crippen molar-refractivity contribution < 1.29 is 9.59 Å². The number of nitrogens with zero attached hydrogens (tertiary/aromatic N) is 1. The molecule has 1 aromatic heterocycles. The fourth-order valence-electron chi connectivity index (χ4n) is 4.23. The Labute approximate surface area is 196 Å². The number of rotatable bonds is 11. The molecule has 0 spiro atoms. The molecule has 0 aliphatic carbocycles. The summed E-state index contributed by atoms with van der Waals surface area (Å²) in [5.41, 5.74) is 3.29. The molecule has 2 amide bonds. The Morgan fingerprint density at radius 1 is 1.03 bits per heavy atom. The van der Waals surface area contributed by atoms with E-state index in [2.05, 4.69) is 35.5 Å². The zero-order chi connectivity index (χ0) is 23.8. The molecule has 0 aliphatic rings. The number of H-pyrrole nitrogens is 1. The number of carbonyl (C=O) groups is 2. The van der Waals surface area contributed by atoms with Crippen LogP contribution in [0.15, 0.2) is 60.8 Å². The van der Waals surface area contributed by atoms with E-state index in [9.17, 15) is 9.59 Å². The van der Waals surface area contributed by atoms with Gasteiger partial charge in [0.05, 0.1) is 6.04 Å². The van der Waals surface area contributed by atoms with Crippen LogP contribution < -0.4 is 10.6 Å². The molecule has 0 fully saturated rings. The Morgan fingerprint density at radius 2 is 1.73 bits per heavy atom. The molecule has 3 rings (SSSR count). The highest BCUT2D eigenvalue weighted by Crippen LogP contribution is 2.18. The largest absolute Gasteiger partial charge is 0.361 e. The number of fused-ring (bicyclic) bond motifs is 1. The molecule has 3 N–H and O–H groups in total. The summed E-state index contributed by atoms with van der Waals surface area (Å²) in [7, 11) is 3.53. The lowest BCUT2D eigenvalue weighted by Crippen LogP contribution is -2.54. The lowest BCUT2D eigenvalue weighted by molar-refractivity contribution is -0.140. The second-order valence-electron chi connectivity index (χ2n) is 9.03. The molecule has 1 heterocycles. The first kappa shape index (κ1) is 24.5. The van der Waals surface area contributed by atoms with Crippen LogP contribution in [0.4, 0.5) is 0 Å². The standard InChI is InChI=1S/C27H36N4O2/c1-19(2)16-24(28-3)27(33)31(4)25(17-20-10-6-5-7-11-20)26(32)29-15-14-21-18-30-23-13-9-8-12-22(21)23/h5-13,18-19,24-25,28,30H,14-17H2,1-4H3,(H,29,32)/t24-,25-/m0/s1. The van der Waals surface area contributed by atoms with Crippen LogP contribution in [0.2, 0.25) is 0 Å². The van der Waals surface area contributed by atoms with E-state index in [1.807, 2.05) is 54.7 Å². The van der Waals surface area contributed by atoms with Crippen molar-refractivity contribution in [2.45, 2.75) is 45.2 Å². The van der Waals surface area contributed by atoms with Gasteiger partial charge in [0.15, 0.2) is 0 Å². The first-order valence-electron chi connectivity index (χ1n) is 11.7. The van der Waals surface area contributed by atoms with E-state index in [1.54, 1.807) is 19.0 Å². The van der Waals surface area contributed by atoms with E-state index in [0.29, 0.717) is 18.9 Å². The van der Waals surface area contributed by atoms with Gasteiger partial charge < -0.3 is 20.5 Å². The highest BCUT2D eigenvalue weighted by Gasteiger charge is 2.31. The first-order valence-corrected chi connectivity index (χ1v) is 11.7. The quantitative estimate of drug-likeness (QED) is 0.420. The van der Waals surface area contributed by atoms with Gasteiger partial charge in [0.25, 0.3) is 0 Å². The minimum absolute atomic E-state index is 0.0566. The monoisotopic (exact) mass is 448 g/mol. The minimum atomic E-state index is -0.578. The molecule has 176 valence electrons. The third-order valence-corrected chi connectivity index (χ3v) is 6.11. The van der Waals surface area contributed by atoms with Gasteiger partial charge in [-0.2, -0.15) is 0 Å². The fourth-order valence-corrected chi connectivity index (χ4v) is 4.23. The zero-order valence-corrected chi connectivity index (χ0v) is 20.1. The summed E-state index contributed by atoms with van der Waals surface area (Å²) in [6.07, 6.45) is 3.91. The summed E-state index contributed by atoms with van der Waals surface area (Å²) >= 11 is 0. The van der Waals surface area contributed by atoms with E-state index >= 15 is 0 Å². The number of nitrogens with one attached hydrogen (secondary N) is 3. The summed E-state index contributed by atoms with van der Waals surface area (Å²) in [4.78, 5) is 31.4. The molecule has 0 radical (unpaired) electrons. The molecule has 3 aromatic rings. The minimum Gasteiger partial charge on any atom is -0.361 e. The molecule has 0 aliphatic heterocycles. The molecule has 33 heavy (non-hydrogen) atoms. The molecule has 2 aromatic carbocycles. The molecule has 0 unspecified atom stereocenters. The lowest BCUT2D eigenvalue weighted by Gasteiger charge is -2.31. The molecular weight excluding hydrogens is 412 g/mol. The van der Waals surface area contributed by atoms with Crippen LogP contribution >= 0.6 is 0 Å². The van der Waals surface area contributed by atoms with E-state index in [1.165, 1.54) is 10.9 Å². The van der Waals surface area contributed by atoms with Crippen molar-refractivity contribution in [3.8, 4) is 0 Å². The van der Waals surface area contributed by atoms with Crippen molar-refractivity contribution in [3.63, 3.8) is 0 Å². The van der Waals surface area contributed by atoms with Crippen LogP contribution in [0.3, 0.4) is 0 Å². The number of carbonyl (C=O) groups excluding carboxylic acids is 2. The van der Waals surface area contributed by atoms with E-state index in [-0.39, 0.29) is 17.9 Å². The number of hydrogen-bond donors (Lipinski definition) is 3. The van der Waals surface area contributed by atoms with Crippen molar-refractivity contribution in [2.75, 3.05) is 20.6 Å². The summed E-state index contributed by atoms with van der Waals surface area (Å²) < 4.78 is 0. The summed E-state index contributed by atoms with van der Waals surface area (Å²) in [5.74, 6) is 0.185. The molecule has 0 bridgehead atoms. The van der Waals surface area contributed by atoms with Crippen LogP contribution in [0, 0.1) is 5.92 Å². The SMILES string of the molecule is CN[C@@H](CC(C)C)C(=O)N(C)[C@@H](Cc1ccccc1)C(=O)NCCc1c[nH]c2ccccc12. The number of hydrogen-bond acceptors (Lipinski definition) is 3. The molecule has 0 saturated heterocycles. The third kappa shape index (κ3) is 6.45. The molecule has 0 saturated carbocycles. The Hall–Kier alpha value is -3.12. The number of benzene rings is 2. The maximum Gasteiger partial charge on any atom is 0.243 e. The molecule has 2 atom stereocenters. The van der Waals surface area contributed by atoms with Crippen molar-refractivity contribution in [3.05, 3.63) is 71.9 Å². The van der Waals surface area contributed by atoms with Crippen LogP contribution in [-0.2, 0) is 22.4 Å². The summed E-state index contributed by atoms with van der Waals surface area (Å²) in [6.45, 7) is 4.70. The summed E-state index contributed by atoms with van der Waals surface area (Å²) in [6, 6.07) is 17.1. The van der Waals surface area contributed by atoms with Gasteiger partial charge in [0, 0.05) is 37.1 Å². The molecular formula is C27H36N4O2. The Balaban J connectivity index is 1.70. The normalized spacial score (nSPS) is 13.1. The zero-order valence-electron chi connectivity index (χ0n) is 20.1. The average Bonchev–Trinajstić information content (AvgIpc) is 3.23. The fraction of sp³-hybridized carbons (Fsp3) is 0.407. The highest BCUT2D eigenvalue weighted by atomic mass is 16.2. The Bertz CT molecular complexity index is 1040. The van der Waals surface area contributed by atoms with Gasteiger partial charge in [0.2, 0.25) is 11.8 Å². The van der Waals surface area contributed by atoms with Gasteiger partial charge in [-0.3, -0.25) is 9.59 Å². The van der Waals surface area contributed by atoms with Gasteiger partial charge in [-0.1, -0.05) is 62.4 Å². The van der Waals surface area contributed by atoms with Crippen molar-refractivity contribution in [1.29, 1.82) is 0 Å². The van der Waals surface area contributed by atoms with E-state index in [0.717, 1.165) is 23.9 Å². The van der Waals surface area contributed by atoms with Crippen LogP contribution in [0.5, 0.6) is 0 Å². The molecule has 6 nitrogen and oxygen atoms in total. The Kier molecular flexibility index (Phi) is 8.66. The maximum absolute atomic E-state index is 13.3. The number of aromatic amines is 1. The van der Waals surface area contributed by atoms with Gasteiger partial charge in [-0.25, -0.2) is 0 Å². The first-order chi connectivity index (χ1) is 15.9. The highest BCUT2D eigenvalue weighted by molar-refractivity contribution is 5.90. The average molecular weight is 449 g/mol. The van der Waals surface area contributed by atoms with E-state index < -0.39 is 6.04 Å². The predicted octanol–water partition coefficient (Wildman–Crippen LogP) is 3.53. The number of para-hydroxylation sites is 1.